The molecule has 3 fully saturated rings. The normalized spacial score (nSPS) is 51.9. The summed E-state index contributed by atoms with van der Waals surface area (Å²) in [5.41, 5.74) is -2.17. The molecule has 4 N–H and O–H groups in total. The fourth-order valence-corrected chi connectivity index (χ4v) is 7.33. The highest BCUT2D eigenvalue weighted by Gasteiger charge is 2.68. The van der Waals surface area contributed by atoms with Crippen LogP contribution in [-0.2, 0) is 9.59 Å². The number of rotatable bonds is 2. The second-order valence-electron chi connectivity index (χ2n) is 9.70. The van der Waals surface area contributed by atoms with Crippen molar-refractivity contribution in [2.45, 2.75) is 70.2 Å². The predicted octanol–water partition coefficient (Wildman–Crippen LogP) is 0.752. The maximum Gasteiger partial charge on any atom is 0.190 e. The highest BCUT2D eigenvalue weighted by atomic mass is 16.3. The van der Waals surface area contributed by atoms with E-state index in [1.54, 1.807) is 6.08 Å². The van der Waals surface area contributed by atoms with E-state index in [2.05, 4.69) is 0 Å². The quantitative estimate of drug-likeness (QED) is 0.564. The van der Waals surface area contributed by atoms with Gasteiger partial charge < -0.3 is 20.4 Å². The highest BCUT2D eigenvalue weighted by molar-refractivity contribution is 5.92. The molecular formula is C21H30O6. The van der Waals surface area contributed by atoms with Crippen molar-refractivity contribution >= 4 is 11.6 Å². The third-order valence-corrected chi connectivity index (χ3v) is 8.67. The third kappa shape index (κ3) is 2.33. The van der Waals surface area contributed by atoms with Crippen molar-refractivity contribution in [1.82, 2.24) is 0 Å². The van der Waals surface area contributed by atoms with Crippen molar-refractivity contribution in [2.24, 2.45) is 28.6 Å². The Balaban J connectivity index is 1.77. The van der Waals surface area contributed by atoms with Gasteiger partial charge in [0.2, 0.25) is 0 Å². The molecule has 27 heavy (non-hydrogen) atoms. The molecule has 0 bridgehead atoms. The van der Waals surface area contributed by atoms with Gasteiger partial charge in [-0.05, 0) is 66.9 Å². The standard InChI is InChI=1S/C21H30O6/c1-19-5-3-11(23)7-14(19)15(24)8-12-13-4-6-21(27,17(26)10-22)20(13,2)9-16(25)18(12)19/h7,12-13,15-16,18,22,24-25,27H,3-6,8-10H2,1-2H3/t12?,13?,15?,16?,18?,19?,20?,21-/m0/s1. The predicted molar refractivity (Wildman–Crippen MR) is 96.5 cm³/mol. The maximum absolute atomic E-state index is 12.4. The smallest absolute Gasteiger partial charge is 0.190 e. The highest BCUT2D eigenvalue weighted by Crippen LogP contribution is 2.67. The topological polar surface area (TPSA) is 115 Å². The van der Waals surface area contributed by atoms with E-state index >= 15 is 0 Å². The van der Waals surface area contributed by atoms with Gasteiger partial charge in [-0.15, -0.1) is 0 Å². The first-order valence-electron chi connectivity index (χ1n) is 10.1. The van der Waals surface area contributed by atoms with Crippen LogP contribution < -0.4 is 0 Å². The number of hydrogen-bond donors (Lipinski definition) is 4. The summed E-state index contributed by atoms with van der Waals surface area (Å²) >= 11 is 0. The summed E-state index contributed by atoms with van der Waals surface area (Å²) in [6, 6.07) is 0. The van der Waals surface area contributed by atoms with Crippen LogP contribution in [0.2, 0.25) is 0 Å². The molecule has 0 aromatic heterocycles. The molecule has 3 saturated carbocycles. The number of aliphatic hydroxyl groups is 4. The molecule has 0 amide bonds. The van der Waals surface area contributed by atoms with Crippen molar-refractivity contribution in [2.75, 3.05) is 6.61 Å². The molecule has 0 spiro atoms. The summed E-state index contributed by atoms with van der Waals surface area (Å²) < 4.78 is 0. The van der Waals surface area contributed by atoms with Crippen molar-refractivity contribution in [3.8, 4) is 0 Å². The molecule has 8 atom stereocenters. The van der Waals surface area contributed by atoms with Crippen LogP contribution in [0.5, 0.6) is 0 Å². The average molecular weight is 378 g/mol. The van der Waals surface area contributed by atoms with Crippen LogP contribution in [0.15, 0.2) is 11.6 Å². The SMILES string of the molecule is CC12CCC(=O)C=C1C(O)CC1C2C(O)CC2(C)C1CC[C@]2(O)C(=O)CO. The van der Waals surface area contributed by atoms with Crippen LogP contribution in [0.4, 0.5) is 0 Å². The lowest BCUT2D eigenvalue weighted by Crippen LogP contribution is -2.63. The molecule has 0 saturated heterocycles. The fraction of sp³-hybridized carbons (Fsp3) is 0.810. The lowest BCUT2D eigenvalue weighted by molar-refractivity contribution is -0.187. The Morgan fingerprint density at radius 3 is 2.63 bits per heavy atom. The first-order valence-corrected chi connectivity index (χ1v) is 10.1. The number of ketones is 2. The van der Waals surface area contributed by atoms with Crippen LogP contribution in [0, 0.1) is 28.6 Å². The summed E-state index contributed by atoms with van der Waals surface area (Å²) in [5.74, 6) is -0.713. The third-order valence-electron chi connectivity index (χ3n) is 8.67. The van der Waals surface area contributed by atoms with Crippen LogP contribution in [0.3, 0.4) is 0 Å². The molecule has 0 aliphatic heterocycles. The number of aliphatic hydroxyl groups excluding tert-OH is 3. The Kier molecular flexibility index (Phi) is 4.25. The second-order valence-corrected chi connectivity index (χ2v) is 9.70. The summed E-state index contributed by atoms with van der Waals surface area (Å²) in [5, 5.41) is 42.6. The largest absolute Gasteiger partial charge is 0.393 e. The van der Waals surface area contributed by atoms with Gasteiger partial charge in [-0.25, -0.2) is 0 Å². The van der Waals surface area contributed by atoms with E-state index in [1.165, 1.54) is 0 Å². The van der Waals surface area contributed by atoms with Crippen molar-refractivity contribution < 1.29 is 30.0 Å². The van der Waals surface area contributed by atoms with E-state index in [4.69, 9.17) is 0 Å². The van der Waals surface area contributed by atoms with Crippen molar-refractivity contribution in [3.05, 3.63) is 11.6 Å². The summed E-state index contributed by atoms with van der Waals surface area (Å²) in [6.45, 7) is 3.18. The minimum atomic E-state index is -1.64. The Morgan fingerprint density at radius 1 is 1.26 bits per heavy atom. The molecule has 150 valence electrons. The molecule has 0 aromatic rings. The van der Waals surface area contributed by atoms with Gasteiger partial charge in [0.15, 0.2) is 11.6 Å². The van der Waals surface area contributed by atoms with Crippen LogP contribution in [-0.4, -0.2) is 56.4 Å². The zero-order chi connectivity index (χ0) is 19.8. The molecule has 4 aliphatic carbocycles. The minimum Gasteiger partial charge on any atom is -0.393 e. The molecule has 0 radical (unpaired) electrons. The molecule has 6 nitrogen and oxygen atoms in total. The summed E-state index contributed by atoms with van der Waals surface area (Å²) in [6.07, 6.45) is 2.75. The van der Waals surface area contributed by atoms with Crippen molar-refractivity contribution in [3.63, 3.8) is 0 Å². The molecule has 6 heteroatoms. The number of hydrogen-bond acceptors (Lipinski definition) is 6. The van der Waals surface area contributed by atoms with Gasteiger partial charge in [0.1, 0.15) is 12.2 Å². The van der Waals surface area contributed by atoms with Gasteiger partial charge in [-0.3, -0.25) is 9.59 Å². The molecule has 0 aromatic carbocycles. The van der Waals surface area contributed by atoms with Gasteiger partial charge in [0.05, 0.1) is 12.2 Å². The first-order chi connectivity index (χ1) is 12.6. The zero-order valence-electron chi connectivity index (χ0n) is 16.0. The molecule has 4 rings (SSSR count). The molecule has 0 heterocycles. The number of fused-ring (bicyclic) bond motifs is 5. The molecular weight excluding hydrogens is 348 g/mol. The van der Waals surface area contributed by atoms with Gasteiger partial charge in [0, 0.05) is 11.8 Å². The fourth-order valence-electron chi connectivity index (χ4n) is 7.33. The van der Waals surface area contributed by atoms with E-state index in [0.717, 1.165) is 5.57 Å². The molecule has 7 unspecified atom stereocenters. The minimum absolute atomic E-state index is 0.0166. The van der Waals surface area contributed by atoms with Crippen LogP contribution >= 0.6 is 0 Å². The van der Waals surface area contributed by atoms with Gasteiger partial charge >= 0.3 is 0 Å². The Hall–Kier alpha value is -1.08. The van der Waals surface area contributed by atoms with E-state index in [-0.39, 0.29) is 36.4 Å². The summed E-state index contributed by atoms with van der Waals surface area (Å²) in [7, 11) is 0. The van der Waals surface area contributed by atoms with Crippen LogP contribution in [0.1, 0.15) is 52.4 Å². The van der Waals surface area contributed by atoms with E-state index in [0.29, 0.717) is 25.7 Å². The lowest BCUT2D eigenvalue weighted by Gasteiger charge is -2.61. The molecule has 4 aliphatic rings. The maximum atomic E-state index is 12.4. The van der Waals surface area contributed by atoms with E-state index in [9.17, 15) is 30.0 Å². The van der Waals surface area contributed by atoms with Gasteiger partial charge in [-0.1, -0.05) is 13.8 Å². The Morgan fingerprint density at radius 2 is 1.96 bits per heavy atom. The monoisotopic (exact) mass is 378 g/mol. The van der Waals surface area contributed by atoms with Gasteiger partial charge in [0.25, 0.3) is 0 Å². The number of carbonyl (C=O) groups is 2. The summed E-state index contributed by atoms with van der Waals surface area (Å²) in [4.78, 5) is 24.3. The Bertz CT molecular complexity index is 715. The van der Waals surface area contributed by atoms with E-state index in [1.807, 2.05) is 13.8 Å². The van der Waals surface area contributed by atoms with Crippen LogP contribution in [0.25, 0.3) is 0 Å². The number of Topliss-reactive ketones (excluding diaryl/α,β-unsaturated/α-hetero) is 1. The lowest BCUT2D eigenvalue weighted by atomic mass is 9.45. The first kappa shape index (κ1) is 19.2. The van der Waals surface area contributed by atoms with Crippen molar-refractivity contribution in [1.29, 1.82) is 0 Å². The van der Waals surface area contributed by atoms with E-state index < -0.39 is 41.0 Å². The average Bonchev–Trinajstić information content (AvgIpc) is 2.87. The zero-order valence-corrected chi connectivity index (χ0v) is 16.0. The van der Waals surface area contributed by atoms with Gasteiger partial charge in [-0.2, -0.15) is 0 Å². The Labute approximate surface area is 159 Å². The number of carbonyl (C=O) groups excluding carboxylic acids is 2. The second kappa shape index (κ2) is 5.96.